The average Bonchev–Trinajstić information content (AvgIpc) is 2.47. The summed E-state index contributed by atoms with van der Waals surface area (Å²) in [6.45, 7) is 0. The van der Waals surface area contributed by atoms with E-state index in [2.05, 4.69) is 4.98 Å². The van der Waals surface area contributed by atoms with Gasteiger partial charge in [-0.2, -0.15) is 0 Å². The Morgan fingerprint density at radius 2 is 1.87 bits per heavy atom. The number of aromatic nitrogens is 1. The predicted octanol–water partition coefficient (Wildman–Crippen LogP) is 1.57. The zero-order valence-electron chi connectivity index (χ0n) is 12.8. The number of H-pyrrole nitrogens is 1. The number of rotatable bonds is 2. The summed E-state index contributed by atoms with van der Waals surface area (Å²) in [5, 5.41) is 9.45. The maximum atomic E-state index is 12.1. The number of hydrogen-bond acceptors (Lipinski definition) is 4. The highest BCUT2D eigenvalue weighted by molar-refractivity contribution is 7.16. The quantitative estimate of drug-likeness (QED) is 0.551. The molecule has 0 bridgehead atoms. The lowest BCUT2D eigenvalue weighted by molar-refractivity contribution is 0.0695. The Morgan fingerprint density at radius 3 is 2.48 bits per heavy atom. The van der Waals surface area contributed by atoms with Crippen molar-refractivity contribution >= 4 is 33.2 Å². The third-order valence-corrected chi connectivity index (χ3v) is 4.80. The molecule has 2 N–H and O–H groups in total. The average molecular weight is 331 g/mol. The van der Waals surface area contributed by atoms with Crippen molar-refractivity contribution in [2.45, 2.75) is 0 Å². The highest BCUT2D eigenvalue weighted by Gasteiger charge is 2.16. The van der Waals surface area contributed by atoms with Crippen LogP contribution < -0.4 is 15.3 Å². The molecule has 0 amide bonds. The molecular weight excluding hydrogens is 316 g/mol. The van der Waals surface area contributed by atoms with E-state index >= 15 is 0 Å². The Balaban J connectivity index is 2.52. The van der Waals surface area contributed by atoms with Crippen molar-refractivity contribution in [2.75, 3.05) is 21.1 Å². The normalized spacial score (nSPS) is 12.0. The zero-order chi connectivity index (χ0) is 16.9. The first-order valence-electron chi connectivity index (χ1n) is 6.87. The molecule has 0 aromatic heterocycles. The Kier molecular flexibility index (Phi) is 3.35. The van der Waals surface area contributed by atoms with Crippen LogP contribution in [0.4, 0.5) is 5.69 Å². The Hall–Kier alpha value is -2.51. The summed E-state index contributed by atoms with van der Waals surface area (Å²) < 4.78 is 1.54. The van der Waals surface area contributed by atoms with Gasteiger partial charge in [-0.15, -0.1) is 11.3 Å². The maximum absolute atomic E-state index is 12.1. The summed E-state index contributed by atoms with van der Waals surface area (Å²) in [5.74, 6) is -1.24. The van der Waals surface area contributed by atoms with Crippen molar-refractivity contribution < 1.29 is 9.90 Å². The lowest BCUT2D eigenvalue weighted by Crippen LogP contribution is -2.34. The number of quaternary nitrogens is 1. The third-order valence-electron chi connectivity index (χ3n) is 3.64. The molecule has 0 radical (unpaired) electrons. The number of nitrogens with one attached hydrogen (secondary N) is 1. The molecule has 7 heteroatoms. The van der Waals surface area contributed by atoms with Gasteiger partial charge in [-0.3, -0.25) is 14.1 Å². The number of carboxylic acids is 1. The number of fused-ring (bicyclic) bond motifs is 1. The van der Waals surface area contributed by atoms with E-state index in [1.165, 1.54) is 0 Å². The zero-order valence-corrected chi connectivity index (χ0v) is 13.7. The molecule has 0 saturated carbocycles. The molecule has 2 aliphatic rings. The Morgan fingerprint density at radius 1 is 1.17 bits per heavy atom. The van der Waals surface area contributed by atoms with Gasteiger partial charge in [-0.25, -0.2) is 4.79 Å². The number of benzene rings is 1. The fourth-order valence-electron chi connectivity index (χ4n) is 2.37. The molecule has 0 spiro atoms. The molecule has 0 unspecified atom stereocenters. The third kappa shape index (κ3) is 2.54. The van der Waals surface area contributed by atoms with Crippen molar-refractivity contribution in [3.63, 3.8) is 0 Å². The minimum absolute atomic E-state index is 0.140. The van der Waals surface area contributed by atoms with Gasteiger partial charge in [0.2, 0.25) is 10.9 Å². The second-order valence-corrected chi connectivity index (χ2v) is 7.23. The van der Waals surface area contributed by atoms with Gasteiger partial charge < -0.3 is 10.1 Å². The van der Waals surface area contributed by atoms with Crippen molar-refractivity contribution in [1.29, 1.82) is 0 Å². The van der Waals surface area contributed by atoms with E-state index in [1.807, 2.05) is 39.3 Å². The van der Waals surface area contributed by atoms with E-state index in [0.717, 1.165) is 33.3 Å². The topological polar surface area (TPSA) is 87.2 Å². The smallest absolute Gasteiger partial charge is 0.338 e. The summed E-state index contributed by atoms with van der Waals surface area (Å²) in [5.41, 5.74) is 0.0924. The number of hydrogen-bond donors (Lipinski definition) is 2. The van der Waals surface area contributed by atoms with Gasteiger partial charge in [-0.1, -0.05) is 0 Å². The lowest BCUT2D eigenvalue weighted by Gasteiger charge is -2.23. The molecule has 1 heterocycles. The minimum atomic E-state index is -1.24. The summed E-state index contributed by atoms with van der Waals surface area (Å²) >= 11 is 1.14. The first-order chi connectivity index (χ1) is 10.7. The number of carbonyl (C=O) groups is 1. The summed E-state index contributed by atoms with van der Waals surface area (Å²) in [7, 11) is 6.07. The standard InChI is InChI=1S/C16H14N2O4S/c1-18(2,3)8-4-5-10-12(6-8)23-15-13(17-10)9(16(21)22)7-11(19)14(15)20/h4-7H,1-3H3,(H-,17,20,21,22)/p+1. The molecule has 1 aromatic carbocycles. The van der Waals surface area contributed by atoms with Crippen molar-refractivity contribution in [3.8, 4) is 0 Å². The van der Waals surface area contributed by atoms with Crippen LogP contribution in [-0.4, -0.2) is 37.2 Å². The summed E-state index contributed by atoms with van der Waals surface area (Å²) in [6.07, 6.45) is 0. The maximum Gasteiger partial charge on any atom is 0.338 e. The summed E-state index contributed by atoms with van der Waals surface area (Å²) in [6, 6.07) is 6.61. The van der Waals surface area contributed by atoms with Gasteiger partial charge in [0.25, 0.3) is 0 Å². The minimum Gasteiger partial charge on any atom is -0.478 e. The highest BCUT2D eigenvalue weighted by atomic mass is 32.1. The molecule has 23 heavy (non-hydrogen) atoms. The van der Waals surface area contributed by atoms with Gasteiger partial charge in [0.15, 0.2) is 0 Å². The van der Waals surface area contributed by atoms with Crippen LogP contribution in [-0.2, 0) is 0 Å². The SMILES string of the molecule is C[N+](C)(C)c1ccc2[nH]c3c(C(=O)O)cc(=O)c(=O)c=3sc2c1. The molecule has 1 aliphatic heterocycles. The van der Waals surface area contributed by atoms with E-state index < -0.39 is 16.8 Å². The van der Waals surface area contributed by atoms with Gasteiger partial charge in [0.05, 0.1) is 42.3 Å². The fraction of sp³-hybridized carbons (Fsp3) is 0.188. The van der Waals surface area contributed by atoms with E-state index in [4.69, 9.17) is 0 Å². The van der Waals surface area contributed by atoms with E-state index in [-0.39, 0.29) is 15.4 Å². The molecule has 0 saturated heterocycles. The number of aromatic carboxylic acids is 1. The molecule has 118 valence electrons. The molecule has 3 rings (SSSR count). The van der Waals surface area contributed by atoms with Crippen LogP contribution in [0.5, 0.6) is 0 Å². The van der Waals surface area contributed by atoms with E-state index in [0.29, 0.717) is 4.48 Å². The number of carboxylic acid groups (broad SMARTS) is 1. The largest absolute Gasteiger partial charge is 0.478 e. The van der Waals surface area contributed by atoms with Gasteiger partial charge in [0, 0.05) is 18.2 Å². The number of nitrogens with zero attached hydrogens (tertiary/aromatic N) is 1. The molecule has 0 fully saturated rings. The predicted molar refractivity (Wildman–Crippen MR) is 90.5 cm³/mol. The lowest BCUT2D eigenvalue weighted by atomic mass is 10.2. The first-order valence-corrected chi connectivity index (χ1v) is 7.69. The van der Waals surface area contributed by atoms with Crippen LogP contribution >= 0.6 is 11.3 Å². The highest BCUT2D eigenvalue weighted by Crippen LogP contribution is 2.25. The monoisotopic (exact) mass is 331 g/mol. The first kappa shape index (κ1) is 15.4. The fourth-order valence-corrected chi connectivity index (χ4v) is 3.45. The van der Waals surface area contributed by atoms with Gasteiger partial charge in [-0.05, 0) is 6.07 Å². The van der Waals surface area contributed by atoms with Crippen LogP contribution in [0.1, 0.15) is 10.4 Å². The van der Waals surface area contributed by atoms with Gasteiger partial charge in [0.1, 0.15) is 10.2 Å². The molecular formula is C16H15N2O4S+. The van der Waals surface area contributed by atoms with Crippen LogP contribution in [0.2, 0.25) is 0 Å². The Bertz CT molecular complexity index is 1120. The van der Waals surface area contributed by atoms with Crippen LogP contribution in [0, 0.1) is 9.88 Å². The van der Waals surface area contributed by atoms with Crippen LogP contribution in [0.15, 0.2) is 33.9 Å². The summed E-state index contributed by atoms with van der Waals surface area (Å²) in [4.78, 5) is 38.2. The van der Waals surface area contributed by atoms with Crippen molar-refractivity contribution in [3.05, 3.63) is 60.2 Å². The molecule has 1 aliphatic carbocycles. The number of aromatic amines is 1. The Labute approximate surface area is 134 Å². The molecule has 0 atom stereocenters. The van der Waals surface area contributed by atoms with Crippen LogP contribution in [0.3, 0.4) is 0 Å². The molecule has 1 aromatic rings. The van der Waals surface area contributed by atoms with Crippen LogP contribution in [0.25, 0.3) is 10.2 Å². The van der Waals surface area contributed by atoms with E-state index in [9.17, 15) is 19.5 Å². The second kappa shape index (κ2) is 5.00. The van der Waals surface area contributed by atoms with E-state index in [1.54, 1.807) is 0 Å². The second-order valence-electron chi connectivity index (χ2n) is 6.18. The molecule has 6 nitrogen and oxygen atoms in total. The van der Waals surface area contributed by atoms with Crippen molar-refractivity contribution in [1.82, 2.24) is 9.47 Å². The van der Waals surface area contributed by atoms with Gasteiger partial charge >= 0.3 is 5.97 Å². The van der Waals surface area contributed by atoms with Crippen molar-refractivity contribution in [2.24, 2.45) is 0 Å².